The Bertz CT molecular complexity index is 373. The van der Waals surface area contributed by atoms with Crippen LogP contribution in [0.15, 0.2) is 18.3 Å². The predicted octanol–water partition coefficient (Wildman–Crippen LogP) is 0.710. The minimum Gasteiger partial charge on any atom is -0.364 e. The van der Waals surface area contributed by atoms with Crippen LogP contribution in [0.2, 0.25) is 0 Å². The van der Waals surface area contributed by atoms with Crippen molar-refractivity contribution in [2.24, 2.45) is 5.73 Å². The summed E-state index contributed by atoms with van der Waals surface area (Å²) in [5, 5.41) is 2.75. The predicted molar refractivity (Wildman–Crippen MR) is 60.0 cm³/mol. The number of nitrogens with one attached hydrogen (secondary N) is 1. The quantitative estimate of drug-likeness (QED) is 0.718. The fraction of sp³-hybridized carbons (Fsp3) is 0.364. The van der Waals surface area contributed by atoms with Crippen LogP contribution < -0.4 is 11.1 Å². The Kier molecular flexibility index (Phi) is 4.44. The van der Waals surface area contributed by atoms with E-state index in [1.165, 1.54) is 18.3 Å². The van der Waals surface area contributed by atoms with Crippen LogP contribution in [0.1, 0.15) is 40.6 Å². The van der Waals surface area contributed by atoms with Crippen molar-refractivity contribution in [3.8, 4) is 0 Å². The van der Waals surface area contributed by atoms with E-state index in [-0.39, 0.29) is 11.6 Å². The molecule has 1 heterocycles. The van der Waals surface area contributed by atoms with E-state index in [1.807, 2.05) is 0 Å². The first-order chi connectivity index (χ1) is 7.65. The first kappa shape index (κ1) is 12.2. The van der Waals surface area contributed by atoms with E-state index < -0.39 is 5.91 Å². The number of rotatable bonds is 5. The average molecular weight is 221 g/mol. The van der Waals surface area contributed by atoms with Crippen molar-refractivity contribution >= 4 is 11.8 Å². The van der Waals surface area contributed by atoms with Crippen LogP contribution in [-0.2, 0) is 0 Å². The van der Waals surface area contributed by atoms with Gasteiger partial charge in [-0.2, -0.15) is 0 Å². The molecule has 0 unspecified atom stereocenters. The lowest BCUT2D eigenvalue weighted by atomic mass is 10.2. The van der Waals surface area contributed by atoms with Gasteiger partial charge < -0.3 is 11.1 Å². The smallest absolute Gasteiger partial charge is 0.267 e. The Labute approximate surface area is 94.1 Å². The number of carbonyl (C=O) groups is 2. The maximum atomic E-state index is 11.5. The van der Waals surface area contributed by atoms with Crippen LogP contribution in [0.3, 0.4) is 0 Å². The summed E-state index contributed by atoms with van der Waals surface area (Å²) < 4.78 is 0. The molecule has 0 radical (unpaired) electrons. The van der Waals surface area contributed by atoms with Gasteiger partial charge in [0.05, 0.1) is 5.56 Å². The lowest BCUT2D eigenvalue weighted by Gasteiger charge is -2.03. The summed E-state index contributed by atoms with van der Waals surface area (Å²) in [6.07, 6.45) is 3.32. The molecule has 5 nitrogen and oxygen atoms in total. The topological polar surface area (TPSA) is 85.1 Å². The highest BCUT2D eigenvalue weighted by Gasteiger charge is 2.06. The first-order valence-electron chi connectivity index (χ1n) is 5.19. The van der Waals surface area contributed by atoms with Crippen LogP contribution in [-0.4, -0.2) is 23.3 Å². The van der Waals surface area contributed by atoms with Gasteiger partial charge in [0.2, 0.25) is 0 Å². The number of hydrogen-bond donors (Lipinski definition) is 2. The van der Waals surface area contributed by atoms with Gasteiger partial charge >= 0.3 is 0 Å². The van der Waals surface area contributed by atoms with Crippen molar-refractivity contribution in [3.63, 3.8) is 0 Å². The number of amides is 2. The van der Waals surface area contributed by atoms with E-state index in [0.717, 1.165) is 12.8 Å². The van der Waals surface area contributed by atoms with Crippen molar-refractivity contribution in [1.29, 1.82) is 0 Å². The molecule has 0 saturated carbocycles. The Hall–Kier alpha value is -1.91. The Morgan fingerprint density at radius 1 is 1.44 bits per heavy atom. The summed E-state index contributed by atoms with van der Waals surface area (Å²) in [6, 6.07) is 2.98. The summed E-state index contributed by atoms with van der Waals surface area (Å²) in [5.41, 5.74) is 5.63. The number of unbranched alkanes of at least 4 members (excludes halogenated alkanes) is 1. The van der Waals surface area contributed by atoms with E-state index >= 15 is 0 Å². The molecule has 16 heavy (non-hydrogen) atoms. The van der Waals surface area contributed by atoms with Crippen molar-refractivity contribution in [1.82, 2.24) is 10.3 Å². The normalized spacial score (nSPS) is 9.81. The van der Waals surface area contributed by atoms with Crippen molar-refractivity contribution in [2.45, 2.75) is 19.8 Å². The average Bonchev–Trinajstić information content (AvgIpc) is 2.29. The fourth-order valence-corrected chi connectivity index (χ4v) is 1.15. The number of pyridine rings is 1. The molecule has 0 aromatic carbocycles. The molecular formula is C11H15N3O2. The number of carbonyl (C=O) groups excluding carboxylic acids is 2. The van der Waals surface area contributed by atoms with Crippen LogP contribution in [0.5, 0.6) is 0 Å². The summed E-state index contributed by atoms with van der Waals surface area (Å²) in [4.78, 5) is 26.1. The second kappa shape index (κ2) is 5.85. The molecule has 0 aliphatic rings. The van der Waals surface area contributed by atoms with Gasteiger partial charge in [0.15, 0.2) is 0 Å². The van der Waals surface area contributed by atoms with Crippen LogP contribution >= 0.6 is 0 Å². The van der Waals surface area contributed by atoms with Crippen LogP contribution in [0, 0.1) is 0 Å². The molecule has 2 amide bonds. The second-order valence-electron chi connectivity index (χ2n) is 3.41. The molecule has 1 rings (SSSR count). The molecule has 86 valence electrons. The molecule has 3 N–H and O–H groups in total. The lowest BCUT2D eigenvalue weighted by molar-refractivity contribution is 0.0949. The third-order valence-corrected chi connectivity index (χ3v) is 2.09. The number of nitrogens with two attached hydrogens (primary N) is 1. The van der Waals surface area contributed by atoms with Gasteiger partial charge in [0.1, 0.15) is 5.69 Å². The highest BCUT2D eigenvalue weighted by Crippen LogP contribution is 2.00. The standard InChI is InChI=1S/C11H15N3O2/c1-2-3-6-13-11(16)8-4-5-9(10(12)15)14-7-8/h4-5,7H,2-3,6H2,1H3,(H2,12,15)(H,13,16). The molecule has 0 aliphatic carbocycles. The lowest BCUT2D eigenvalue weighted by Crippen LogP contribution is -2.24. The fourth-order valence-electron chi connectivity index (χ4n) is 1.15. The van der Waals surface area contributed by atoms with Crippen molar-refractivity contribution in [2.75, 3.05) is 6.54 Å². The Morgan fingerprint density at radius 3 is 2.69 bits per heavy atom. The van der Waals surface area contributed by atoms with E-state index in [9.17, 15) is 9.59 Å². The number of hydrogen-bond acceptors (Lipinski definition) is 3. The second-order valence-corrected chi connectivity index (χ2v) is 3.41. The van der Waals surface area contributed by atoms with Gasteiger partial charge in [-0.05, 0) is 18.6 Å². The summed E-state index contributed by atoms with van der Waals surface area (Å²) in [7, 11) is 0. The highest BCUT2D eigenvalue weighted by atomic mass is 16.2. The van der Waals surface area contributed by atoms with Crippen LogP contribution in [0.4, 0.5) is 0 Å². The van der Waals surface area contributed by atoms with Crippen molar-refractivity contribution in [3.05, 3.63) is 29.6 Å². The van der Waals surface area contributed by atoms with Gasteiger partial charge in [-0.15, -0.1) is 0 Å². The van der Waals surface area contributed by atoms with E-state index in [1.54, 1.807) is 0 Å². The van der Waals surface area contributed by atoms with Gasteiger partial charge in [-0.25, -0.2) is 0 Å². The summed E-state index contributed by atoms with van der Waals surface area (Å²) in [5.74, 6) is -0.782. The summed E-state index contributed by atoms with van der Waals surface area (Å²) in [6.45, 7) is 2.70. The first-order valence-corrected chi connectivity index (χ1v) is 5.19. The molecule has 0 fully saturated rings. The van der Waals surface area contributed by atoms with Crippen LogP contribution in [0.25, 0.3) is 0 Å². The SMILES string of the molecule is CCCCNC(=O)c1ccc(C(N)=O)nc1. The molecule has 0 atom stereocenters. The zero-order valence-electron chi connectivity index (χ0n) is 9.19. The summed E-state index contributed by atoms with van der Waals surface area (Å²) >= 11 is 0. The van der Waals surface area contributed by atoms with Crippen molar-refractivity contribution < 1.29 is 9.59 Å². The maximum absolute atomic E-state index is 11.5. The van der Waals surface area contributed by atoms with Gasteiger partial charge in [-0.3, -0.25) is 14.6 Å². The maximum Gasteiger partial charge on any atom is 0.267 e. The number of nitrogens with zero attached hydrogens (tertiary/aromatic N) is 1. The molecule has 1 aromatic rings. The Morgan fingerprint density at radius 2 is 2.19 bits per heavy atom. The number of aromatic nitrogens is 1. The molecule has 0 saturated heterocycles. The molecule has 5 heteroatoms. The molecule has 0 aliphatic heterocycles. The van der Waals surface area contributed by atoms with Gasteiger partial charge in [0, 0.05) is 12.7 Å². The zero-order valence-corrected chi connectivity index (χ0v) is 9.19. The number of primary amides is 1. The molecule has 0 bridgehead atoms. The van der Waals surface area contributed by atoms with Gasteiger partial charge in [-0.1, -0.05) is 13.3 Å². The van der Waals surface area contributed by atoms with E-state index in [2.05, 4.69) is 17.2 Å². The minimum atomic E-state index is -0.599. The third-order valence-electron chi connectivity index (χ3n) is 2.09. The van der Waals surface area contributed by atoms with E-state index in [0.29, 0.717) is 12.1 Å². The molecule has 0 spiro atoms. The third kappa shape index (κ3) is 3.34. The zero-order chi connectivity index (χ0) is 12.0. The monoisotopic (exact) mass is 221 g/mol. The van der Waals surface area contributed by atoms with Gasteiger partial charge in [0.25, 0.3) is 11.8 Å². The molecule has 1 aromatic heterocycles. The molecular weight excluding hydrogens is 206 g/mol. The Balaban J connectivity index is 2.59. The van der Waals surface area contributed by atoms with E-state index in [4.69, 9.17) is 5.73 Å². The minimum absolute atomic E-state index is 0.158. The highest BCUT2D eigenvalue weighted by molar-refractivity contribution is 5.95. The largest absolute Gasteiger partial charge is 0.364 e.